The minimum absolute atomic E-state index is 0.231. The monoisotopic (exact) mass is 280 g/mol. The number of ketones is 1. The molecule has 0 aliphatic carbocycles. The lowest BCUT2D eigenvalue weighted by Crippen LogP contribution is -2.10. The Morgan fingerprint density at radius 3 is 3.00 bits per heavy atom. The summed E-state index contributed by atoms with van der Waals surface area (Å²) in [5, 5.41) is 8.10. The van der Waals surface area contributed by atoms with E-state index in [0.717, 1.165) is 0 Å². The number of benzene rings is 1. The number of nitrogens with zero attached hydrogens (tertiary/aromatic N) is 3. The first-order chi connectivity index (χ1) is 9.15. The van der Waals surface area contributed by atoms with Gasteiger partial charge in [0.05, 0.1) is 25.4 Å². The van der Waals surface area contributed by atoms with Crippen LogP contribution in [-0.4, -0.2) is 34.4 Å². The maximum atomic E-state index is 12.3. The highest BCUT2D eigenvalue weighted by molar-refractivity contribution is 6.31. The Bertz CT molecular complexity index is 597. The van der Waals surface area contributed by atoms with E-state index in [2.05, 4.69) is 10.3 Å². The molecule has 0 amide bonds. The first kappa shape index (κ1) is 13.5. The highest BCUT2D eigenvalue weighted by Gasteiger charge is 2.18. The van der Waals surface area contributed by atoms with Gasteiger partial charge < -0.3 is 10.5 Å². The molecule has 0 aliphatic heterocycles. The van der Waals surface area contributed by atoms with Crippen molar-refractivity contribution in [3.05, 3.63) is 40.7 Å². The van der Waals surface area contributed by atoms with Crippen LogP contribution in [0.2, 0.25) is 5.02 Å². The van der Waals surface area contributed by atoms with Crippen molar-refractivity contribution in [3.63, 3.8) is 0 Å². The second-order valence-corrected chi connectivity index (χ2v) is 4.27. The molecule has 0 radical (unpaired) electrons. The molecule has 0 aliphatic rings. The quantitative estimate of drug-likeness (QED) is 0.830. The second kappa shape index (κ2) is 5.81. The molecular formula is C12H13ClN4O2. The van der Waals surface area contributed by atoms with E-state index in [1.54, 1.807) is 24.4 Å². The van der Waals surface area contributed by atoms with Crippen LogP contribution in [0.1, 0.15) is 16.1 Å². The van der Waals surface area contributed by atoms with Crippen molar-refractivity contribution in [1.29, 1.82) is 0 Å². The van der Waals surface area contributed by atoms with Crippen molar-refractivity contribution in [2.75, 3.05) is 13.7 Å². The normalized spacial score (nSPS) is 10.5. The summed E-state index contributed by atoms with van der Waals surface area (Å²) in [6.45, 7) is 0.935. The zero-order valence-electron chi connectivity index (χ0n) is 10.3. The predicted octanol–water partition coefficient (Wildman–Crippen LogP) is 1.13. The summed E-state index contributed by atoms with van der Waals surface area (Å²) in [4.78, 5) is 12.3. The van der Waals surface area contributed by atoms with Gasteiger partial charge in [0.1, 0.15) is 5.75 Å². The molecule has 19 heavy (non-hydrogen) atoms. The Morgan fingerprint density at radius 2 is 2.32 bits per heavy atom. The van der Waals surface area contributed by atoms with E-state index < -0.39 is 0 Å². The van der Waals surface area contributed by atoms with Crippen LogP contribution in [0.15, 0.2) is 24.4 Å². The third-order valence-electron chi connectivity index (χ3n) is 2.54. The van der Waals surface area contributed by atoms with Crippen LogP contribution in [0.3, 0.4) is 0 Å². The minimum Gasteiger partial charge on any atom is -0.496 e. The average Bonchev–Trinajstić information content (AvgIpc) is 2.87. The van der Waals surface area contributed by atoms with E-state index in [1.807, 2.05) is 0 Å². The van der Waals surface area contributed by atoms with E-state index >= 15 is 0 Å². The molecule has 2 N–H and O–H groups in total. The highest BCUT2D eigenvalue weighted by Crippen LogP contribution is 2.24. The first-order valence-electron chi connectivity index (χ1n) is 5.64. The van der Waals surface area contributed by atoms with Crippen molar-refractivity contribution in [3.8, 4) is 5.75 Å². The van der Waals surface area contributed by atoms with Crippen LogP contribution in [0.5, 0.6) is 5.75 Å². The Kier molecular flexibility index (Phi) is 4.13. The molecule has 0 spiro atoms. The van der Waals surface area contributed by atoms with Crippen LogP contribution in [0.4, 0.5) is 0 Å². The van der Waals surface area contributed by atoms with Crippen molar-refractivity contribution >= 4 is 17.4 Å². The molecule has 0 fully saturated rings. The molecule has 0 atom stereocenters. The third-order valence-corrected chi connectivity index (χ3v) is 2.77. The molecule has 0 bridgehead atoms. The number of nitrogens with two attached hydrogens (primary N) is 1. The molecule has 2 rings (SSSR count). The van der Waals surface area contributed by atoms with E-state index in [0.29, 0.717) is 29.4 Å². The fourth-order valence-electron chi connectivity index (χ4n) is 1.64. The minimum atomic E-state index is -0.289. The lowest BCUT2D eigenvalue weighted by molar-refractivity contribution is 0.103. The predicted molar refractivity (Wildman–Crippen MR) is 70.5 cm³/mol. The number of hydrogen-bond acceptors (Lipinski definition) is 5. The Balaban J connectivity index is 2.34. The van der Waals surface area contributed by atoms with Crippen LogP contribution in [-0.2, 0) is 6.54 Å². The molecule has 0 saturated heterocycles. The number of hydrogen-bond donors (Lipinski definition) is 1. The Labute approximate surface area is 115 Å². The third kappa shape index (κ3) is 2.91. The van der Waals surface area contributed by atoms with Gasteiger partial charge in [0.2, 0.25) is 5.78 Å². The number of carbonyl (C=O) groups excluding carboxylic acids is 1. The maximum absolute atomic E-state index is 12.3. The van der Waals surface area contributed by atoms with Gasteiger partial charge >= 0.3 is 0 Å². The van der Waals surface area contributed by atoms with Crippen molar-refractivity contribution in [1.82, 2.24) is 15.0 Å². The number of carbonyl (C=O) groups is 1. The SMILES string of the molecule is COc1ccc(Cl)cc1C(=O)c1cn(CCN)nn1. The molecular weight excluding hydrogens is 268 g/mol. The summed E-state index contributed by atoms with van der Waals surface area (Å²) in [5.41, 5.74) is 6.00. The van der Waals surface area contributed by atoms with Crippen molar-refractivity contribution < 1.29 is 9.53 Å². The van der Waals surface area contributed by atoms with E-state index in [9.17, 15) is 4.79 Å². The first-order valence-corrected chi connectivity index (χ1v) is 6.02. The number of halogens is 1. The molecule has 7 heteroatoms. The number of aromatic nitrogens is 3. The standard InChI is InChI=1S/C12H13ClN4O2/c1-19-11-3-2-8(13)6-9(11)12(18)10-7-17(5-4-14)16-15-10/h2-3,6-7H,4-5,14H2,1H3. The van der Waals surface area contributed by atoms with Crippen molar-refractivity contribution in [2.45, 2.75) is 6.54 Å². The molecule has 1 aromatic carbocycles. The van der Waals surface area contributed by atoms with Gasteiger partial charge in [-0.1, -0.05) is 16.8 Å². The van der Waals surface area contributed by atoms with Gasteiger partial charge in [0, 0.05) is 11.6 Å². The lowest BCUT2D eigenvalue weighted by atomic mass is 10.1. The Hall–Kier alpha value is -1.92. The lowest BCUT2D eigenvalue weighted by Gasteiger charge is -2.06. The maximum Gasteiger partial charge on any atom is 0.218 e. The average molecular weight is 281 g/mol. The molecule has 0 unspecified atom stereocenters. The fraction of sp³-hybridized carbons (Fsp3) is 0.250. The van der Waals surface area contributed by atoms with Crippen molar-refractivity contribution in [2.24, 2.45) is 5.73 Å². The molecule has 0 saturated carbocycles. The summed E-state index contributed by atoms with van der Waals surface area (Å²) in [6, 6.07) is 4.84. The summed E-state index contributed by atoms with van der Waals surface area (Å²) in [7, 11) is 1.49. The Morgan fingerprint density at radius 1 is 1.53 bits per heavy atom. The van der Waals surface area contributed by atoms with Gasteiger partial charge in [-0.3, -0.25) is 9.48 Å². The topological polar surface area (TPSA) is 83.0 Å². The van der Waals surface area contributed by atoms with E-state index in [1.165, 1.54) is 11.8 Å². The van der Waals surface area contributed by atoms with Crippen LogP contribution >= 0.6 is 11.6 Å². The summed E-state index contributed by atoms with van der Waals surface area (Å²) in [6.07, 6.45) is 1.55. The zero-order chi connectivity index (χ0) is 13.8. The molecule has 1 heterocycles. The smallest absolute Gasteiger partial charge is 0.218 e. The second-order valence-electron chi connectivity index (χ2n) is 3.83. The molecule has 2 aromatic rings. The van der Waals surface area contributed by atoms with Crippen LogP contribution in [0, 0.1) is 0 Å². The summed E-state index contributed by atoms with van der Waals surface area (Å²) in [5.74, 6) is 0.158. The highest BCUT2D eigenvalue weighted by atomic mass is 35.5. The van der Waals surface area contributed by atoms with Gasteiger partial charge in [-0.05, 0) is 18.2 Å². The number of methoxy groups -OCH3 is 1. The van der Waals surface area contributed by atoms with Crippen LogP contribution in [0.25, 0.3) is 0 Å². The van der Waals surface area contributed by atoms with Gasteiger partial charge in [0.25, 0.3) is 0 Å². The van der Waals surface area contributed by atoms with E-state index in [-0.39, 0.29) is 11.5 Å². The summed E-state index contributed by atoms with van der Waals surface area (Å²) < 4.78 is 6.66. The van der Waals surface area contributed by atoms with Crippen LogP contribution < -0.4 is 10.5 Å². The zero-order valence-corrected chi connectivity index (χ0v) is 11.1. The fourth-order valence-corrected chi connectivity index (χ4v) is 1.81. The number of rotatable bonds is 5. The number of ether oxygens (including phenoxy) is 1. The summed E-state index contributed by atoms with van der Waals surface area (Å²) >= 11 is 5.89. The molecule has 6 nitrogen and oxygen atoms in total. The van der Waals surface area contributed by atoms with Gasteiger partial charge in [-0.25, -0.2) is 0 Å². The largest absolute Gasteiger partial charge is 0.496 e. The van der Waals surface area contributed by atoms with E-state index in [4.69, 9.17) is 22.1 Å². The van der Waals surface area contributed by atoms with Gasteiger partial charge in [-0.2, -0.15) is 0 Å². The van der Waals surface area contributed by atoms with Gasteiger partial charge in [0.15, 0.2) is 5.69 Å². The molecule has 1 aromatic heterocycles. The van der Waals surface area contributed by atoms with Gasteiger partial charge in [-0.15, -0.1) is 5.10 Å². The molecule has 100 valence electrons.